The Kier molecular flexibility index (Phi) is 2.89. The maximum absolute atomic E-state index is 11.0. The van der Waals surface area contributed by atoms with Crippen molar-refractivity contribution in [1.29, 1.82) is 0 Å². The number of hydrogen-bond acceptors (Lipinski definition) is 5. The number of nitrogens with one attached hydrogen (secondary N) is 1. The summed E-state index contributed by atoms with van der Waals surface area (Å²) in [5.74, 6) is 0.117. The fraction of sp³-hybridized carbons (Fsp3) is 0.500. The molecule has 1 saturated carbocycles. The second kappa shape index (κ2) is 4.34. The molecule has 0 bridgehead atoms. The highest BCUT2D eigenvalue weighted by atomic mass is 16.5. The molecule has 1 aliphatic rings. The molecule has 86 valence electrons. The third kappa shape index (κ3) is 2.39. The van der Waals surface area contributed by atoms with Crippen LogP contribution < -0.4 is 10.1 Å². The van der Waals surface area contributed by atoms with Gasteiger partial charge in [-0.25, -0.2) is 4.79 Å². The van der Waals surface area contributed by atoms with E-state index in [1.165, 1.54) is 26.0 Å². The average Bonchev–Trinajstić information content (AvgIpc) is 3.09. The molecular formula is C10H13N3O3. The lowest BCUT2D eigenvalue weighted by molar-refractivity contribution is 0.0697. The monoisotopic (exact) mass is 223 g/mol. The Balaban J connectivity index is 2.16. The molecule has 2 N–H and O–H groups in total. The number of ether oxygens (including phenoxy) is 1. The van der Waals surface area contributed by atoms with E-state index in [0.29, 0.717) is 11.7 Å². The summed E-state index contributed by atoms with van der Waals surface area (Å²) in [5.41, 5.74) is 0.0903. The fourth-order valence-corrected chi connectivity index (χ4v) is 1.33. The van der Waals surface area contributed by atoms with Crippen molar-refractivity contribution in [1.82, 2.24) is 10.2 Å². The van der Waals surface area contributed by atoms with Crippen molar-refractivity contribution in [2.45, 2.75) is 12.8 Å². The van der Waals surface area contributed by atoms with Gasteiger partial charge in [0.15, 0.2) is 5.82 Å². The number of aromatic nitrogens is 2. The maximum Gasteiger partial charge on any atom is 0.339 e. The molecule has 0 aromatic carbocycles. The van der Waals surface area contributed by atoms with E-state index in [9.17, 15) is 4.79 Å². The Labute approximate surface area is 92.6 Å². The molecule has 1 fully saturated rings. The molecule has 1 aliphatic carbocycles. The van der Waals surface area contributed by atoms with Crippen molar-refractivity contribution in [3.63, 3.8) is 0 Å². The zero-order chi connectivity index (χ0) is 11.5. The molecule has 1 aromatic rings. The molecule has 1 heterocycles. The minimum absolute atomic E-state index is 0.0903. The van der Waals surface area contributed by atoms with Crippen molar-refractivity contribution >= 4 is 11.8 Å². The standard InChI is InChI=1S/C10H13N3O3/c1-16-8-4-7(10(14)15)9(13-12-8)11-5-6-2-3-6/h4,6H,2-3,5H2,1H3,(H,11,13)(H,14,15). The first-order valence-electron chi connectivity index (χ1n) is 5.09. The summed E-state index contributed by atoms with van der Waals surface area (Å²) in [6, 6.07) is 1.37. The highest BCUT2D eigenvalue weighted by molar-refractivity contribution is 5.93. The van der Waals surface area contributed by atoms with Crippen LogP contribution in [-0.4, -0.2) is 34.9 Å². The van der Waals surface area contributed by atoms with Gasteiger partial charge in [-0.3, -0.25) is 0 Å². The van der Waals surface area contributed by atoms with Gasteiger partial charge in [0.1, 0.15) is 5.56 Å². The summed E-state index contributed by atoms with van der Waals surface area (Å²) in [5, 5.41) is 19.5. The largest absolute Gasteiger partial charge is 0.480 e. The number of nitrogens with zero attached hydrogens (tertiary/aromatic N) is 2. The number of aromatic carboxylic acids is 1. The first-order valence-corrected chi connectivity index (χ1v) is 5.09. The zero-order valence-corrected chi connectivity index (χ0v) is 8.93. The summed E-state index contributed by atoms with van der Waals surface area (Å²) in [7, 11) is 1.42. The smallest absolute Gasteiger partial charge is 0.339 e. The van der Waals surface area contributed by atoms with Crippen molar-refractivity contribution in [3.8, 4) is 5.88 Å². The second-order valence-electron chi connectivity index (χ2n) is 3.78. The van der Waals surface area contributed by atoms with Crippen LogP contribution in [-0.2, 0) is 0 Å². The van der Waals surface area contributed by atoms with Gasteiger partial charge in [0, 0.05) is 12.6 Å². The summed E-state index contributed by atoms with van der Waals surface area (Å²) >= 11 is 0. The van der Waals surface area contributed by atoms with Crippen LogP contribution in [0.5, 0.6) is 5.88 Å². The first-order chi connectivity index (χ1) is 7.70. The molecule has 0 spiro atoms. The molecule has 0 aliphatic heterocycles. The molecule has 1 aromatic heterocycles. The maximum atomic E-state index is 11.0. The summed E-state index contributed by atoms with van der Waals surface area (Å²) in [6.45, 7) is 0.751. The van der Waals surface area contributed by atoms with Crippen LogP contribution in [0.4, 0.5) is 5.82 Å². The van der Waals surface area contributed by atoms with Crippen LogP contribution in [0.25, 0.3) is 0 Å². The van der Waals surface area contributed by atoms with Crippen molar-refractivity contribution in [2.75, 3.05) is 19.0 Å². The molecule has 2 rings (SSSR count). The minimum Gasteiger partial charge on any atom is -0.480 e. The number of carboxylic acid groups (broad SMARTS) is 1. The Morgan fingerprint density at radius 1 is 1.62 bits per heavy atom. The topological polar surface area (TPSA) is 84.3 Å². The normalized spacial score (nSPS) is 14.6. The number of carbonyl (C=O) groups is 1. The minimum atomic E-state index is -1.04. The van der Waals surface area contributed by atoms with Crippen LogP contribution in [0.2, 0.25) is 0 Å². The van der Waals surface area contributed by atoms with E-state index < -0.39 is 5.97 Å². The van der Waals surface area contributed by atoms with Gasteiger partial charge in [-0.2, -0.15) is 0 Å². The van der Waals surface area contributed by atoms with E-state index in [2.05, 4.69) is 15.5 Å². The number of anilines is 1. The summed E-state index contributed by atoms with van der Waals surface area (Å²) in [4.78, 5) is 11.0. The fourth-order valence-electron chi connectivity index (χ4n) is 1.33. The third-order valence-corrected chi connectivity index (χ3v) is 2.47. The first kappa shape index (κ1) is 10.7. The van der Waals surface area contributed by atoms with Gasteiger partial charge in [-0.15, -0.1) is 10.2 Å². The van der Waals surface area contributed by atoms with Crippen LogP contribution in [0.1, 0.15) is 23.2 Å². The highest BCUT2D eigenvalue weighted by Gasteiger charge is 2.22. The van der Waals surface area contributed by atoms with E-state index in [-0.39, 0.29) is 11.4 Å². The van der Waals surface area contributed by atoms with E-state index in [0.717, 1.165) is 6.54 Å². The quantitative estimate of drug-likeness (QED) is 0.774. The Bertz CT molecular complexity index is 404. The van der Waals surface area contributed by atoms with Crippen LogP contribution in [0.15, 0.2) is 6.07 Å². The Morgan fingerprint density at radius 2 is 2.38 bits per heavy atom. The molecular weight excluding hydrogens is 210 g/mol. The van der Waals surface area contributed by atoms with E-state index in [4.69, 9.17) is 9.84 Å². The van der Waals surface area contributed by atoms with Gasteiger partial charge in [0.25, 0.3) is 0 Å². The highest BCUT2D eigenvalue weighted by Crippen LogP contribution is 2.29. The van der Waals surface area contributed by atoms with Gasteiger partial charge in [0.2, 0.25) is 5.88 Å². The molecule has 6 nitrogen and oxygen atoms in total. The predicted molar refractivity (Wildman–Crippen MR) is 56.8 cm³/mol. The summed E-state index contributed by atoms with van der Waals surface area (Å²) < 4.78 is 4.83. The van der Waals surface area contributed by atoms with Gasteiger partial charge >= 0.3 is 5.97 Å². The molecule has 0 radical (unpaired) electrons. The van der Waals surface area contributed by atoms with Crippen molar-refractivity contribution in [2.24, 2.45) is 5.92 Å². The molecule has 0 atom stereocenters. The van der Waals surface area contributed by atoms with Gasteiger partial charge in [-0.1, -0.05) is 0 Å². The average molecular weight is 223 g/mol. The SMILES string of the molecule is COc1cc(C(=O)O)c(NCC2CC2)nn1. The number of rotatable bonds is 5. The van der Waals surface area contributed by atoms with Crippen LogP contribution >= 0.6 is 0 Å². The number of carboxylic acids is 1. The Hall–Kier alpha value is -1.85. The second-order valence-corrected chi connectivity index (χ2v) is 3.78. The van der Waals surface area contributed by atoms with Crippen molar-refractivity contribution in [3.05, 3.63) is 11.6 Å². The predicted octanol–water partition coefficient (Wildman–Crippen LogP) is 1.01. The van der Waals surface area contributed by atoms with Crippen molar-refractivity contribution < 1.29 is 14.6 Å². The number of methoxy groups -OCH3 is 1. The van der Waals surface area contributed by atoms with E-state index in [1.807, 2.05) is 0 Å². The van der Waals surface area contributed by atoms with Gasteiger partial charge < -0.3 is 15.2 Å². The summed E-state index contributed by atoms with van der Waals surface area (Å²) in [6.07, 6.45) is 2.39. The van der Waals surface area contributed by atoms with Gasteiger partial charge in [-0.05, 0) is 18.8 Å². The van der Waals surface area contributed by atoms with Crippen LogP contribution in [0, 0.1) is 5.92 Å². The lowest BCUT2D eigenvalue weighted by Crippen LogP contribution is -2.12. The van der Waals surface area contributed by atoms with Crippen LogP contribution in [0.3, 0.4) is 0 Å². The van der Waals surface area contributed by atoms with E-state index >= 15 is 0 Å². The zero-order valence-electron chi connectivity index (χ0n) is 8.93. The molecule has 0 saturated heterocycles. The third-order valence-electron chi connectivity index (χ3n) is 2.47. The van der Waals surface area contributed by atoms with E-state index in [1.54, 1.807) is 0 Å². The Morgan fingerprint density at radius 3 is 2.94 bits per heavy atom. The molecule has 0 amide bonds. The molecule has 16 heavy (non-hydrogen) atoms. The number of hydrogen-bond donors (Lipinski definition) is 2. The lowest BCUT2D eigenvalue weighted by Gasteiger charge is -2.07. The lowest BCUT2D eigenvalue weighted by atomic mass is 10.2. The molecule has 0 unspecified atom stereocenters. The van der Waals surface area contributed by atoms with Gasteiger partial charge in [0.05, 0.1) is 7.11 Å². The molecule has 6 heteroatoms.